The van der Waals surface area contributed by atoms with Crippen LogP contribution in [0.2, 0.25) is 5.15 Å². The second-order valence-electron chi connectivity index (χ2n) is 7.04. The van der Waals surface area contributed by atoms with Crippen molar-refractivity contribution >= 4 is 23.3 Å². The average molecular weight is 372 g/mol. The molecule has 1 amide bonds. The van der Waals surface area contributed by atoms with Crippen LogP contribution in [0, 0.1) is 5.92 Å². The number of methoxy groups -OCH3 is 1. The topological polar surface area (TPSA) is 54.5 Å². The smallest absolute Gasteiger partial charge is 0.258 e. The summed E-state index contributed by atoms with van der Waals surface area (Å²) in [4.78, 5) is 19.3. The van der Waals surface area contributed by atoms with Crippen molar-refractivity contribution in [2.45, 2.75) is 38.9 Å². The van der Waals surface area contributed by atoms with Gasteiger partial charge >= 0.3 is 0 Å². The maximum Gasteiger partial charge on any atom is 0.258 e. The molecular weight excluding hydrogens is 350 g/mol. The Morgan fingerprint density at radius 3 is 2.73 bits per heavy atom. The summed E-state index contributed by atoms with van der Waals surface area (Å²) >= 11 is 6.20. The second-order valence-corrected chi connectivity index (χ2v) is 7.43. The summed E-state index contributed by atoms with van der Waals surface area (Å²) in [6.45, 7) is 3.32. The lowest BCUT2D eigenvalue weighted by atomic mass is 10.1. The van der Waals surface area contributed by atoms with E-state index in [0.717, 1.165) is 16.9 Å². The molecule has 2 heterocycles. The van der Waals surface area contributed by atoms with Gasteiger partial charge in [-0.25, -0.2) is 4.98 Å². The molecule has 2 aromatic rings. The zero-order valence-corrected chi connectivity index (χ0v) is 15.7. The zero-order chi connectivity index (χ0) is 18.3. The molecule has 1 fully saturated rings. The van der Waals surface area contributed by atoms with Crippen molar-refractivity contribution in [3.8, 4) is 5.75 Å². The van der Waals surface area contributed by atoms with E-state index in [1.54, 1.807) is 7.11 Å². The molecule has 1 N–H and O–H groups in total. The number of anilines is 1. The van der Waals surface area contributed by atoms with Crippen LogP contribution in [0.5, 0.6) is 5.75 Å². The van der Waals surface area contributed by atoms with Gasteiger partial charge < -0.3 is 15.0 Å². The van der Waals surface area contributed by atoms with Crippen molar-refractivity contribution in [2.24, 2.45) is 5.92 Å². The van der Waals surface area contributed by atoms with Crippen molar-refractivity contribution in [3.63, 3.8) is 0 Å². The number of nitrogens with one attached hydrogen (secondary N) is 1. The molecule has 4 rings (SSSR count). The number of aromatic nitrogens is 1. The molecule has 0 spiro atoms. The van der Waals surface area contributed by atoms with Gasteiger partial charge in [-0.2, -0.15) is 0 Å². The van der Waals surface area contributed by atoms with E-state index >= 15 is 0 Å². The van der Waals surface area contributed by atoms with Crippen LogP contribution in [0.4, 0.5) is 5.82 Å². The van der Waals surface area contributed by atoms with Gasteiger partial charge in [0.15, 0.2) is 0 Å². The van der Waals surface area contributed by atoms with Gasteiger partial charge in [0.25, 0.3) is 5.91 Å². The van der Waals surface area contributed by atoms with Crippen LogP contribution >= 0.6 is 11.6 Å². The third kappa shape index (κ3) is 3.23. The van der Waals surface area contributed by atoms with Gasteiger partial charge in [-0.1, -0.05) is 23.7 Å². The summed E-state index contributed by atoms with van der Waals surface area (Å²) in [5.74, 6) is 2.07. The Morgan fingerprint density at radius 1 is 1.35 bits per heavy atom. The average Bonchev–Trinajstić information content (AvgIpc) is 3.44. The summed E-state index contributed by atoms with van der Waals surface area (Å²) in [6, 6.07) is 9.88. The Kier molecular flexibility index (Phi) is 4.49. The number of fused-ring (bicyclic) bond motifs is 1. The lowest BCUT2D eigenvalue weighted by Crippen LogP contribution is -2.34. The molecule has 0 unspecified atom stereocenters. The molecule has 5 nitrogen and oxygen atoms in total. The van der Waals surface area contributed by atoms with Crippen LogP contribution in [0.15, 0.2) is 30.3 Å². The van der Waals surface area contributed by atoms with Gasteiger partial charge in [0.2, 0.25) is 0 Å². The Balaban J connectivity index is 1.55. The quantitative estimate of drug-likeness (QED) is 0.776. The van der Waals surface area contributed by atoms with Gasteiger partial charge in [0, 0.05) is 19.1 Å². The molecule has 1 aliphatic heterocycles. The summed E-state index contributed by atoms with van der Waals surface area (Å²) in [5, 5.41) is 3.70. The monoisotopic (exact) mass is 371 g/mol. The van der Waals surface area contributed by atoms with Crippen LogP contribution in [0.1, 0.15) is 41.3 Å². The number of carbonyl (C=O) groups is 1. The number of benzene rings is 1. The number of hydrogen-bond donors (Lipinski definition) is 1. The van der Waals surface area contributed by atoms with Crippen LogP contribution in [0.3, 0.4) is 0 Å². The number of rotatable bonds is 6. The Bertz CT molecular complexity index is 834. The molecule has 0 radical (unpaired) electrons. The lowest BCUT2D eigenvalue weighted by molar-refractivity contribution is 0.0698. The van der Waals surface area contributed by atoms with Crippen LogP contribution in [0.25, 0.3) is 0 Å². The highest BCUT2D eigenvalue weighted by atomic mass is 35.5. The largest absolute Gasteiger partial charge is 0.497 e. The first-order chi connectivity index (χ1) is 12.6. The third-order valence-corrected chi connectivity index (χ3v) is 5.49. The number of nitrogens with zero attached hydrogens (tertiary/aromatic N) is 2. The molecule has 26 heavy (non-hydrogen) atoms. The summed E-state index contributed by atoms with van der Waals surface area (Å²) in [6.07, 6.45) is 2.42. The van der Waals surface area contributed by atoms with E-state index in [1.807, 2.05) is 35.2 Å². The number of ether oxygens (including phenoxy) is 1. The maximum absolute atomic E-state index is 13.0. The Labute approximate surface area is 158 Å². The minimum absolute atomic E-state index is 0.0563. The van der Waals surface area contributed by atoms with Gasteiger partial charge in [-0.15, -0.1) is 0 Å². The first-order valence-electron chi connectivity index (χ1n) is 8.94. The van der Waals surface area contributed by atoms with Crippen LogP contribution in [-0.4, -0.2) is 28.9 Å². The van der Waals surface area contributed by atoms with Crippen LogP contribution in [-0.2, 0) is 13.1 Å². The van der Waals surface area contributed by atoms with E-state index in [1.165, 1.54) is 12.8 Å². The highest BCUT2D eigenvalue weighted by Gasteiger charge is 2.40. The van der Waals surface area contributed by atoms with E-state index < -0.39 is 0 Å². The van der Waals surface area contributed by atoms with E-state index in [2.05, 4.69) is 17.2 Å². The lowest BCUT2D eigenvalue weighted by Gasteiger charge is -2.24. The van der Waals surface area contributed by atoms with E-state index in [0.29, 0.717) is 35.5 Å². The van der Waals surface area contributed by atoms with Crippen LogP contribution < -0.4 is 10.1 Å². The molecular formula is C20H22ClN3O2. The fourth-order valence-electron chi connectivity index (χ4n) is 3.54. The van der Waals surface area contributed by atoms with Crippen molar-refractivity contribution < 1.29 is 9.53 Å². The van der Waals surface area contributed by atoms with Gasteiger partial charge in [0.05, 0.1) is 12.7 Å². The number of halogens is 1. The first-order valence-corrected chi connectivity index (χ1v) is 9.32. The standard InChI is InChI=1S/C20H22ClN3O2/c1-12(14-5-6-14)24-11-15-9-17(21)23-19(18(15)20(24)25)22-10-13-3-7-16(26-2)8-4-13/h3-4,7-9,12,14H,5-6,10-11H2,1-2H3,(H,22,23)/t12-/m0/s1. The molecule has 136 valence electrons. The summed E-state index contributed by atoms with van der Waals surface area (Å²) < 4.78 is 5.18. The molecule has 1 aromatic heterocycles. The molecule has 1 saturated carbocycles. The number of pyridine rings is 1. The fourth-order valence-corrected chi connectivity index (χ4v) is 3.76. The summed E-state index contributed by atoms with van der Waals surface area (Å²) in [7, 11) is 1.65. The minimum Gasteiger partial charge on any atom is -0.497 e. The molecule has 1 atom stereocenters. The molecule has 1 aliphatic carbocycles. The van der Waals surface area contributed by atoms with Crippen molar-refractivity contribution in [1.29, 1.82) is 0 Å². The van der Waals surface area contributed by atoms with E-state index in [-0.39, 0.29) is 11.9 Å². The Hall–Kier alpha value is -2.27. The third-order valence-electron chi connectivity index (χ3n) is 5.30. The predicted octanol–water partition coefficient (Wildman–Crippen LogP) is 4.11. The van der Waals surface area contributed by atoms with E-state index in [9.17, 15) is 4.79 Å². The molecule has 1 aromatic carbocycles. The highest BCUT2D eigenvalue weighted by molar-refractivity contribution is 6.29. The Morgan fingerprint density at radius 2 is 2.08 bits per heavy atom. The number of amides is 1. The predicted molar refractivity (Wildman–Crippen MR) is 102 cm³/mol. The number of carbonyl (C=O) groups excluding carboxylic acids is 1. The first kappa shape index (κ1) is 17.2. The summed E-state index contributed by atoms with van der Waals surface area (Å²) in [5.41, 5.74) is 2.70. The zero-order valence-electron chi connectivity index (χ0n) is 15.0. The van der Waals surface area contributed by atoms with Gasteiger partial charge in [0.1, 0.15) is 16.7 Å². The van der Waals surface area contributed by atoms with Crippen molar-refractivity contribution in [2.75, 3.05) is 12.4 Å². The molecule has 2 aliphatic rings. The van der Waals surface area contributed by atoms with Gasteiger partial charge in [-0.05, 0) is 55.0 Å². The SMILES string of the molecule is COc1ccc(CNc2nc(Cl)cc3c2C(=O)N([C@@H](C)C2CC2)C3)cc1. The van der Waals surface area contributed by atoms with Crippen molar-refractivity contribution in [1.82, 2.24) is 9.88 Å². The molecule has 0 bridgehead atoms. The van der Waals surface area contributed by atoms with Crippen molar-refractivity contribution in [3.05, 3.63) is 52.2 Å². The normalized spacial score (nSPS) is 17.2. The van der Waals surface area contributed by atoms with Gasteiger partial charge in [-0.3, -0.25) is 4.79 Å². The fraction of sp³-hybridized carbons (Fsp3) is 0.400. The minimum atomic E-state index is 0.0563. The molecule has 6 heteroatoms. The molecule has 0 saturated heterocycles. The highest BCUT2D eigenvalue weighted by Crippen LogP contribution is 2.39. The number of hydrogen-bond acceptors (Lipinski definition) is 4. The van der Waals surface area contributed by atoms with E-state index in [4.69, 9.17) is 16.3 Å². The second kappa shape index (κ2) is 6.80. The maximum atomic E-state index is 13.0.